The van der Waals surface area contributed by atoms with E-state index in [0.717, 1.165) is 11.4 Å². The van der Waals surface area contributed by atoms with Gasteiger partial charge in [0.1, 0.15) is 5.69 Å². The van der Waals surface area contributed by atoms with Crippen molar-refractivity contribution in [1.82, 2.24) is 10.2 Å². The lowest BCUT2D eigenvalue weighted by Crippen LogP contribution is -1.93. The first-order valence-electron chi connectivity index (χ1n) is 5.38. The molecule has 0 aliphatic rings. The van der Waals surface area contributed by atoms with Gasteiger partial charge in [-0.15, -0.1) is 0 Å². The highest BCUT2D eigenvalue weighted by atomic mass is 16.6. The molecule has 18 heavy (non-hydrogen) atoms. The number of rotatable bonds is 3. The van der Waals surface area contributed by atoms with Crippen molar-refractivity contribution in [2.75, 3.05) is 0 Å². The number of nitrogens with zero attached hydrogens (tertiary/aromatic N) is 3. The first-order chi connectivity index (χ1) is 8.59. The van der Waals surface area contributed by atoms with Gasteiger partial charge >= 0.3 is 0 Å². The quantitative estimate of drug-likeness (QED) is 0.511. The number of nitro benzene ring substituents is 1. The van der Waals surface area contributed by atoms with Crippen LogP contribution in [0.1, 0.15) is 17.0 Å². The van der Waals surface area contributed by atoms with E-state index in [2.05, 4.69) is 15.2 Å². The highest BCUT2D eigenvalue weighted by molar-refractivity contribution is 5.87. The first kappa shape index (κ1) is 12.0. The average molecular weight is 244 g/mol. The lowest BCUT2D eigenvalue weighted by molar-refractivity contribution is -0.385. The van der Waals surface area contributed by atoms with E-state index in [-0.39, 0.29) is 5.69 Å². The maximum atomic E-state index is 10.8. The summed E-state index contributed by atoms with van der Waals surface area (Å²) in [6.45, 7) is 3.68. The van der Waals surface area contributed by atoms with E-state index in [1.165, 1.54) is 12.3 Å². The van der Waals surface area contributed by atoms with E-state index < -0.39 is 4.92 Å². The fraction of sp³-hybridized carbons (Fsp3) is 0.167. The highest BCUT2D eigenvalue weighted by Crippen LogP contribution is 2.21. The Kier molecular flexibility index (Phi) is 3.18. The van der Waals surface area contributed by atoms with Gasteiger partial charge in [-0.3, -0.25) is 20.2 Å². The molecular formula is C12H12N4O2. The molecule has 0 spiro atoms. The number of H-pyrrole nitrogens is 1. The molecule has 1 N–H and O–H groups in total. The number of aliphatic imine (C=N–C) groups is 1. The smallest absolute Gasteiger partial charge is 0.278 e. The van der Waals surface area contributed by atoms with Gasteiger partial charge in [0.25, 0.3) is 5.69 Å². The van der Waals surface area contributed by atoms with Crippen molar-refractivity contribution in [3.63, 3.8) is 0 Å². The van der Waals surface area contributed by atoms with E-state index in [9.17, 15) is 10.1 Å². The molecule has 92 valence electrons. The number of nitrogens with one attached hydrogen (secondary N) is 1. The predicted molar refractivity (Wildman–Crippen MR) is 68.4 cm³/mol. The van der Waals surface area contributed by atoms with E-state index in [1.54, 1.807) is 18.2 Å². The number of hydrogen-bond acceptors (Lipinski definition) is 4. The minimum atomic E-state index is -0.420. The molecule has 0 unspecified atom stereocenters. The molecule has 1 aromatic heterocycles. The van der Waals surface area contributed by atoms with Crippen LogP contribution in [0.2, 0.25) is 0 Å². The minimum Gasteiger partial charge on any atom is -0.280 e. The second-order valence-electron chi connectivity index (χ2n) is 3.86. The van der Waals surface area contributed by atoms with E-state index in [4.69, 9.17) is 0 Å². The van der Waals surface area contributed by atoms with E-state index in [0.29, 0.717) is 11.3 Å². The van der Waals surface area contributed by atoms with Crippen molar-refractivity contribution in [3.8, 4) is 0 Å². The summed E-state index contributed by atoms with van der Waals surface area (Å²) in [5.41, 5.74) is 2.83. The average Bonchev–Trinajstić information content (AvgIpc) is 2.67. The third-order valence-corrected chi connectivity index (χ3v) is 2.56. The Hall–Kier alpha value is -2.50. The van der Waals surface area contributed by atoms with Crippen LogP contribution < -0.4 is 0 Å². The maximum Gasteiger partial charge on any atom is 0.278 e. The Bertz CT molecular complexity index is 597. The number of aromatic nitrogens is 2. The van der Waals surface area contributed by atoms with Crippen LogP contribution >= 0.6 is 0 Å². The summed E-state index contributed by atoms with van der Waals surface area (Å²) in [7, 11) is 0. The van der Waals surface area contributed by atoms with Crippen molar-refractivity contribution in [3.05, 3.63) is 51.3 Å². The summed E-state index contributed by atoms with van der Waals surface area (Å²) in [5, 5.41) is 17.7. The van der Waals surface area contributed by atoms with Gasteiger partial charge in [0.05, 0.1) is 21.9 Å². The summed E-state index contributed by atoms with van der Waals surface area (Å²) in [6, 6.07) is 6.48. The van der Waals surface area contributed by atoms with Gasteiger partial charge in [-0.05, 0) is 19.9 Å². The number of aryl methyl sites for hydroxylation is 2. The first-order valence-corrected chi connectivity index (χ1v) is 5.38. The molecule has 1 aromatic carbocycles. The molecule has 0 saturated heterocycles. The zero-order valence-electron chi connectivity index (χ0n) is 10.0. The van der Waals surface area contributed by atoms with E-state index >= 15 is 0 Å². The summed E-state index contributed by atoms with van der Waals surface area (Å²) in [5.74, 6) is 0. The van der Waals surface area contributed by atoms with Crippen LogP contribution in [-0.4, -0.2) is 21.3 Å². The van der Waals surface area contributed by atoms with Crippen molar-refractivity contribution < 1.29 is 4.92 Å². The number of benzene rings is 1. The van der Waals surface area contributed by atoms with Crippen LogP contribution in [0.3, 0.4) is 0 Å². The van der Waals surface area contributed by atoms with Crippen molar-refractivity contribution in [1.29, 1.82) is 0 Å². The number of nitro groups is 1. The van der Waals surface area contributed by atoms with Gasteiger partial charge < -0.3 is 0 Å². The standard InChI is InChI=1S/C12H12N4O2/c1-8-12(9(2)15-14-8)13-7-10-5-3-4-6-11(10)16(17)18/h3-7H,1-2H3,(H,14,15). The minimum absolute atomic E-state index is 0.0417. The van der Waals surface area contributed by atoms with Gasteiger partial charge in [0.2, 0.25) is 0 Å². The topological polar surface area (TPSA) is 84.2 Å². The third kappa shape index (κ3) is 2.27. The van der Waals surface area contributed by atoms with Gasteiger partial charge in [0.15, 0.2) is 0 Å². The Morgan fingerprint density at radius 3 is 2.72 bits per heavy atom. The van der Waals surface area contributed by atoms with E-state index in [1.807, 2.05) is 13.8 Å². The molecule has 0 aliphatic heterocycles. The predicted octanol–water partition coefficient (Wildman–Crippen LogP) is 2.69. The van der Waals surface area contributed by atoms with Crippen LogP contribution in [0.15, 0.2) is 29.3 Å². The summed E-state index contributed by atoms with van der Waals surface area (Å²) >= 11 is 0. The highest BCUT2D eigenvalue weighted by Gasteiger charge is 2.10. The Labute approximate surface area is 104 Å². The van der Waals surface area contributed by atoms with Gasteiger partial charge in [-0.25, -0.2) is 0 Å². The van der Waals surface area contributed by atoms with Crippen LogP contribution in [0.4, 0.5) is 11.4 Å². The second kappa shape index (κ2) is 4.79. The van der Waals surface area contributed by atoms with Crippen LogP contribution in [0, 0.1) is 24.0 Å². The van der Waals surface area contributed by atoms with Gasteiger partial charge in [0, 0.05) is 12.3 Å². The SMILES string of the molecule is Cc1n[nH]c(C)c1N=Cc1ccccc1[N+](=O)[O-]. The van der Waals surface area contributed by atoms with Gasteiger partial charge in [-0.2, -0.15) is 5.10 Å². The monoisotopic (exact) mass is 244 g/mol. The number of para-hydroxylation sites is 1. The molecule has 0 aliphatic carbocycles. The van der Waals surface area contributed by atoms with Crippen molar-refractivity contribution in [2.45, 2.75) is 13.8 Å². The molecule has 1 heterocycles. The number of hydrogen-bond donors (Lipinski definition) is 1. The zero-order valence-corrected chi connectivity index (χ0v) is 10.0. The molecule has 2 aromatic rings. The zero-order chi connectivity index (χ0) is 13.1. The largest absolute Gasteiger partial charge is 0.280 e. The molecule has 2 rings (SSSR count). The molecule has 0 bridgehead atoms. The normalized spacial score (nSPS) is 11.0. The molecule has 6 heteroatoms. The Morgan fingerprint density at radius 2 is 2.11 bits per heavy atom. The lowest BCUT2D eigenvalue weighted by Gasteiger charge is -1.96. The molecule has 0 fully saturated rings. The second-order valence-corrected chi connectivity index (χ2v) is 3.86. The summed E-state index contributed by atoms with van der Waals surface area (Å²) < 4.78 is 0. The molecular weight excluding hydrogens is 232 g/mol. The molecule has 0 atom stereocenters. The van der Waals surface area contributed by atoms with Crippen LogP contribution in [0.5, 0.6) is 0 Å². The molecule has 0 amide bonds. The van der Waals surface area contributed by atoms with Crippen LogP contribution in [-0.2, 0) is 0 Å². The molecule has 6 nitrogen and oxygen atoms in total. The fourth-order valence-corrected chi connectivity index (χ4v) is 1.63. The van der Waals surface area contributed by atoms with Crippen molar-refractivity contribution >= 4 is 17.6 Å². The fourth-order valence-electron chi connectivity index (χ4n) is 1.63. The third-order valence-electron chi connectivity index (χ3n) is 2.56. The Morgan fingerprint density at radius 1 is 1.39 bits per heavy atom. The molecule has 0 saturated carbocycles. The summed E-state index contributed by atoms with van der Waals surface area (Å²) in [6.07, 6.45) is 1.49. The lowest BCUT2D eigenvalue weighted by atomic mass is 10.2. The maximum absolute atomic E-state index is 10.8. The molecule has 0 radical (unpaired) electrons. The Balaban J connectivity index is 2.38. The number of aromatic amines is 1. The van der Waals surface area contributed by atoms with Crippen molar-refractivity contribution in [2.24, 2.45) is 4.99 Å². The summed E-state index contributed by atoms with van der Waals surface area (Å²) in [4.78, 5) is 14.7. The van der Waals surface area contributed by atoms with Crippen LogP contribution in [0.25, 0.3) is 0 Å². The van der Waals surface area contributed by atoms with Gasteiger partial charge in [-0.1, -0.05) is 12.1 Å².